The molecule has 1 unspecified atom stereocenters. The van der Waals surface area contributed by atoms with Crippen molar-refractivity contribution < 1.29 is 18.3 Å². The zero-order valence-corrected chi connectivity index (χ0v) is 9.67. The van der Waals surface area contributed by atoms with Gasteiger partial charge < -0.3 is 10.0 Å². The number of rotatable bonds is 5. The minimum atomic E-state index is -4.58. The van der Waals surface area contributed by atoms with Crippen LogP contribution in [0.5, 0.6) is 0 Å². The van der Waals surface area contributed by atoms with Crippen LogP contribution in [0.25, 0.3) is 0 Å². The number of nitrogens with zero attached hydrogens (tertiary/aromatic N) is 2. The average Bonchev–Trinajstić information content (AvgIpc) is 2.13. The van der Waals surface area contributed by atoms with Crippen molar-refractivity contribution in [2.75, 3.05) is 20.1 Å². The van der Waals surface area contributed by atoms with Crippen LogP contribution >= 0.6 is 0 Å². The molecule has 0 radical (unpaired) electrons. The summed E-state index contributed by atoms with van der Waals surface area (Å²) in [5.41, 5.74) is -0.558. The number of hydrogen-bond donors (Lipinski definition) is 1. The van der Waals surface area contributed by atoms with Crippen LogP contribution in [-0.4, -0.2) is 42.4 Å². The lowest BCUT2D eigenvalue weighted by molar-refractivity contribution is -0.207. The highest BCUT2D eigenvalue weighted by Crippen LogP contribution is 2.22. The van der Waals surface area contributed by atoms with E-state index in [1.165, 1.54) is 11.9 Å². The summed E-state index contributed by atoms with van der Waals surface area (Å²) in [6, 6.07) is 2.07. The Labute approximate surface area is 93.5 Å². The SMILES string of the molecule is CN(CCC(C)(C)C#N)CC(O)C(F)(F)F. The predicted octanol–water partition coefficient (Wildman–Crippen LogP) is 1.78. The summed E-state index contributed by atoms with van der Waals surface area (Å²) in [7, 11) is 1.49. The normalized spacial score (nSPS) is 14.9. The van der Waals surface area contributed by atoms with Crippen molar-refractivity contribution in [2.24, 2.45) is 5.41 Å². The van der Waals surface area contributed by atoms with Crippen LogP contribution in [0.4, 0.5) is 13.2 Å². The molecule has 0 saturated carbocycles. The Hall–Kier alpha value is -0.800. The van der Waals surface area contributed by atoms with Gasteiger partial charge in [0.1, 0.15) is 0 Å². The van der Waals surface area contributed by atoms with Crippen LogP contribution in [-0.2, 0) is 0 Å². The Kier molecular flexibility index (Phi) is 5.23. The zero-order chi connectivity index (χ0) is 13.0. The van der Waals surface area contributed by atoms with Gasteiger partial charge in [-0.05, 0) is 33.9 Å². The Morgan fingerprint density at radius 3 is 2.25 bits per heavy atom. The molecule has 0 aromatic rings. The molecule has 0 aliphatic carbocycles. The van der Waals surface area contributed by atoms with Crippen LogP contribution in [0.15, 0.2) is 0 Å². The van der Waals surface area contributed by atoms with Crippen molar-refractivity contribution in [1.29, 1.82) is 5.26 Å². The van der Waals surface area contributed by atoms with Crippen molar-refractivity contribution >= 4 is 0 Å². The number of aliphatic hydroxyl groups is 1. The number of halogens is 3. The second-order valence-electron chi connectivity index (χ2n) is 4.57. The fourth-order valence-corrected chi connectivity index (χ4v) is 1.02. The second-order valence-corrected chi connectivity index (χ2v) is 4.57. The molecule has 0 aromatic heterocycles. The van der Waals surface area contributed by atoms with E-state index in [9.17, 15) is 13.2 Å². The van der Waals surface area contributed by atoms with E-state index in [4.69, 9.17) is 10.4 Å². The van der Waals surface area contributed by atoms with Gasteiger partial charge in [-0.3, -0.25) is 0 Å². The molecule has 0 rings (SSSR count). The molecule has 3 nitrogen and oxygen atoms in total. The summed E-state index contributed by atoms with van der Waals surface area (Å²) in [5.74, 6) is 0. The summed E-state index contributed by atoms with van der Waals surface area (Å²) in [5, 5.41) is 17.5. The zero-order valence-electron chi connectivity index (χ0n) is 9.67. The van der Waals surface area contributed by atoms with Crippen molar-refractivity contribution in [1.82, 2.24) is 4.90 Å². The molecule has 0 aromatic carbocycles. The van der Waals surface area contributed by atoms with Gasteiger partial charge in [0.2, 0.25) is 0 Å². The van der Waals surface area contributed by atoms with Crippen LogP contribution in [0, 0.1) is 16.7 Å². The number of likely N-dealkylation sites (N-methyl/N-ethyl adjacent to an activating group) is 1. The lowest BCUT2D eigenvalue weighted by Crippen LogP contribution is -2.40. The van der Waals surface area contributed by atoms with E-state index in [1.54, 1.807) is 13.8 Å². The molecular formula is C10H17F3N2O. The Morgan fingerprint density at radius 1 is 1.38 bits per heavy atom. The van der Waals surface area contributed by atoms with Gasteiger partial charge in [0.05, 0.1) is 11.5 Å². The highest BCUT2D eigenvalue weighted by Gasteiger charge is 2.38. The van der Waals surface area contributed by atoms with E-state index in [2.05, 4.69) is 6.07 Å². The minimum absolute atomic E-state index is 0.341. The molecule has 16 heavy (non-hydrogen) atoms. The summed E-state index contributed by atoms with van der Waals surface area (Å²) in [6.07, 6.45) is -6.45. The third-order valence-corrected chi connectivity index (χ3v) is 2.28. The number of nitriles is 1. The molecule has 94 valence electrons. The van der Waals surface area contributed by atoms with Crippen LogP contribution in [0.3, 0.4) is 0 Å². The molecule has 0 spiro atoms. The predicted molar refractivity (Wildman–Crippen MR) is 53.6 cm³/mol. The maximum Gasteiger partial charge on any atom is 0.415 e. The fourth-order valence-electron chi connectivity index (χ4n) is 1.02. The third kappa shape index (κ3) is 5.93. The first-order chi connectivity index (χ1) is 7.08. The van der Waals surface area contributed by atoms with E-state index < -0.39 is 24.2 Å². The van der Waals surface area contributed by atoms with Crippen LogP contribution in [0.1, 0.15) is 20.3 Å². The minimum Gasteiger partial charge on any atom is -0.382 e. The molecule has 1 N–H and O–H groups in total. The quantitative estimate of drug-likeness (QED) is 0.794. The van der Waals surface area contributed by atoms with Gasteiger partial charge in [-0.25, -0.2) is 0 Å². The summed E-state index contributed by atoms with van der Waals surface area (Å²) < 4.78 is 36.1. The first-order valence-corrected chi connectivity index (χ1v) is 4.93. The Bertz CT molecular complexity index is 258. The van der Waals surface area contributed by atoms with E-state index >= 15 is 0 Å². The van der Waals surface area contributed by atoms with Crippen molar-refractivity contribution in [3.8, 4) is 6.07 Å². The van der Waals surface area contributed by atoms with Crippen molar-refractivity contribution in [3.05, 3.63) is 0 Å². The highest BCUT2D eigenvalue weighted by atomic mass is 19.4. The smallest absolute Gasteiger partial charge is 0.382 e. The van der Waals surface area contributed by atoms with Gasteiger partial charge in [-0.1, -0.05) is 0 Å². The lowest BCUT2D eigenvalue weighted by atomic mass is 9.91. The van der Waals surface area contributed by atoms with Crippen molar-refractivity contribution in [3.63, 3.8) is 0 Å². The number of hydrogen-bond acceptors (Lipinski definition) is 3. The molecule has 0 heterocycles. The standard InChI is InChI=1S/C10H17F3N2O/c1-9(2,7-14)4-5-15(3)6-8(16)10(11,12)13/h8,16H,4-6H2,1-3H3. The molecule has 0 bridgehead atoms. The van der Waals surface area contributed by atoms with E-state index in [-0.39, 0.29) is 0 Å². The first kappa shape index (κ1) is 15.2. The maximum absolute atomic E-state index is 12.0. The molecule has 0 aliphatic rings. The lowest BCUT2D eigenvalue weighted by Gasteiger charge is -2.24. The van der Waals surface area contributed by atoms with Gasteiger partial charge in [0, 0.05) is 6.54 Å². The Morgan fingerprint density at radius 2 is 1.88 bits per heavy atom. The molecule has 0 saturated heterocycles. The molecule has 1 atom stereocenters. The fraction of sp³-hybridized carbons (Fsp3) is 0.900. The van der Waals surface area contributed by atoms with Gasteiger partial charge in [0.25, 0.3) is 0 Å². The highest BCUT2D eigenvalue weighted by molar-refractivity contribution is 4.92. The number of alkyl halides is 3. The van der Waals surface area contributed by atoms with Gasteiger partial charge in [-0.15, -0.1) is 0 Å². The first-order valence-electron chi connectivity index (χ1n) is 4.93. The average molecular weight is 238 g/mol. The van der Waals surface area contributed by atoms with E-state index in [0.717, 1.165) is 0 Å². The monoisotopic (exact) mass is 238 g/mol. The largest absolute Gasteiger partial charge is 0.415 e. The van der Waals surface area contributed by atoms with Crippen LogP contribution in [0.2, 0.25) is 0 Å². The summed E-state index contributed by atoms with van der Waals surface area (Å²) in [6.45, 7) is 3.32. The molecule has 0 fully saturated rings. The Balaban J connectivity index is 4.02. The molecular weight excluding hydrogens is 221 g/mol. The van der Waals surface area contributed by atoms with Gasteiger partial charge in [-0.2, -0.15) is 18.4 Å². The second kappa shape index (κ2) is 5.51. The maximum atomic E-state index is 12.0. The molecule has 0 amide bonds. The van der Waals surface area contributed by atoms with Crippen molar-refractivity contribution in [2.45, 2.75) is 32.5 Å². The van der Waals surface area contributed by atoms with Crippen LogP contribution < -0.4 is 0 Å². The van der Waals surface area contributed by atoms with E-state index in [1.807, 2.05) is 0 Å². The van der Waals surface area contributed by atoms with Gasteiger partial charge >= 0.3 is 6.18 Å². The molecule has 0 aliphatic heterocycles. The topological polar surface area (TPSA) is 47.3 Å². The van der Waals surface area contributed by atoms with Gasteiger partial charge in [0.15, 0.2) is 6.10 Å². The summed E-state index contributed by atoms with van der Waals surface area (Å²) >= 11 is 0. The summed E-state index contributed by atoms with van der Waals surface area (Å²) in [4.78, 5) is 1.37. The third-order valence-electron chi connectivity index (χ3n) is 2.28. The number of aliphatic hydroxyl groups excluding tert-OH is 1. The molecule has 6 heteroatoms. The van der Waals surface area contributed by atoms with E-state index in [0.29, 0.717) is 13.0 Å².